The predicted molar refractivity (Wildman–Crippen MR) is 76.7 cm³/mol. The summed E-state index contributed by atoms with van der Waals surface area (Å²) in [6, 6.07) is 7.62. The molecule has 1 aromatic heterocycles. The van der Waals surface area contributed by atoms with Crippen LogP contribution in [-0.4, -0.2) is 28.5 Å². The number of para-hydroxylation sites is 1. The van der Waals surface area contributed by atoms with Crippen molar-refractivity contribution in [2.75, 3.05) is 6.54 Å². The summed E-state index contributed by atoms with van der Waals surface area (Å²) in [4.78, 5) is 25.7. The van der Waals surface area contributed by atoms with E-state index in [2.05, 4.69) is 10.3 Å². The summed E-state index contributed by atoms with van der Waals surface area (Å²) >= 11 is 0. The third kappa shape index (κ3) is 3.38. The number of benzene rings is 1. The van der Waals surface area contributed by atoms with Gasteiger partial charge in [-0.2, -0.15) is 0 Å². The largest absolute Gasteiger partial charge is 0.481 e. The van der Waals surface area contributed by atoms with Crippen molar-refractivity contribution in [1.29, 1.82) is 0 Å². The van der Waals surface area contributed by atoms with Gasteiger partial charge in [0.1, 0.15) is 0 Å². The normalized spacial score (nSPS) is 12.2. The summed E-state index contributed by atoms with van der Waals surface area (Å²) in [5.41, 5.74) is 1.54. The lowest BCUT2D eigenvalue weighted by atomic mass is 10.1. The van der Waals surface area contributed by atoms with Gasteiger partial charge in [0.25, 0.3) is 5.91 Å². The smallest absolute Gasteiger partial charge is 0.303 e. The molecule has 5 heteroatoms. The zero-order valence-corrected chi connectivity index (χ0v) is 11.3. The number of H-pyrrole nitrogens is 1. The van der Waals surface area contributed by atoms with Gasteiger partial charge in [0.2, 0.25) is 0 Å². The van der Waals surface area contributed by atoms with Crippen LogP contribution < -0.4 is 5.32 Å². The second-order valence-electron chi connectivity index (χ2n) is 5.00. The van der Waals surface area contributed by atoms with Gasteiger partial charge in [0.05, 0.1) is 5.56 Å². The standard InChI is InChI=1S/C15H18N2O3/c1-10(6-7-14(18)19)8-17-15(20)12-9-16-13-5-3-2-4-11(12)13/h2-5,9-10,16H,6-8H2,1H3,(H,17,20)(H,18,19). The number of carbonyl (C=O) groups excluding carboxylic acids is 1. The van der Waals surface area contributed by atoms with Crippen molar-refractivity contribution in [3.8, 4) is 0 Å². The lowest BCUT2D eigenvalue weighted by Gasteiger charge is -2.11. The molecule has 0 saturated carbocycles. The van der Waals surface area contributed by atoms with E-state index in [9.17, 15) is 9.59 Å². The molecule has 0 aliphatic heterocycles. The number of carbonyl (C=O) groups is 2. The third-order valence-corrected chi connectivity index (χ3v) is 3.30. The first-order valence-corrected chi connectivity index (χ1v) is 6.64. The minimum atomic E-state index is -0.806. The molecule has 1 heterocycles. The van der Waals surface area contributed by atoms with E-state index >= 15 is 0 Å². The molecular formula is C15H18N2O3. The van der Waals surface area contributed by atoms with E-state index in [0.29, 0.717) is 18.5 Å². The maximum atomic E-state index is 12.1. The fourth-order valence-corrected chi connectivity index (χ4v) is 2.09. The van der Waals surface area contributed by atoms with Crippen LogP contribution in [0.4, 0.5) is 0 Å². The average Bonchev–Trinajstić information content (AvgIpc) is 2.86. The van der Waals surface area contributed by atoms with Crippen LogP contribution in [-0.2, 0) is 4.79 Å². The Bertz CT molecular complexity index is 618. The number of aromatic nitrogens is 1. The number of rotatable bonds is 6. The average molecular weight is 274 g/mol. The van der Waals surface area contributed by atoms with Crippen LogP contribution in [0.3, 0.4) is 0 Å². The molecule has 5 nitrogen and oxygen atoms in total. The van der Waals surface area contributed by atoms with Gasteiger partial charge in [-0.1, -0.05) is 25.1 Å². The zero-order valence-electron chi connectivity index (χ0n) is 11.3. The number of aromatic amines is 1. The summed E-state index contributed by atoms with van der Waals surface area (Å²) in [6.07, 6.45) is 2.38. The van der Waals surface area contributed by atoms with Gasteiger partial charge < -0.3 is 15.4 Å². The fourth-order valence-electron chi connectivity index (χ4n) is 2.09. The Morgan fingerprint density at radius 3 is 2.85 bits per heavy atom. The van der Waals surface area contributed by atoms with E-state index in [4.69, 9.17) is 5.11 Å². The number of fused-ring (bicyclic) bond motifs is 1. The first-order chi connectivity index (χ1) is 9.58. The summed E-state index contributed by atoms with van der Waals surface area (Å²) in [6.45, 7) is 2.41. The first-order valence-electron chi connectivity index (χ1n) is 6.64. The highest BCUT2D eigenvalue weighted by Crippen LogP contribution is 2.17. The van der Waals surface area contributed by atoms with Crippen LogP contribution >= 0.6 is 0 Å². The van der Waals surface area contributed by atoms with Crippen molar-refractivity contribution in [2.24, 2.45) is 5.92 Å². The molecule has 20 heavy (non-hydrogen) atoms. The molecule has 1 amide bonds. The second kappa shape index (κ2) is 6.23. The third-order valence-electron chi connectivity index (χ3n) is 3.30. The Morgan fingerprint density at radius 2 is 2.10 bits per heavy atom. The van der Waals surface area contributed by atoms with Gasteiger partial charge in [0.15, 0.2) is 0 Å². The molecular weight excluding hydrogens is 256 g/mol. The first kappa shape index (κ1) is 14.1. The number of nitrogens with one attached hydrogen (secondary N) is 2. The Labute approximate surface area is 117 Å². The maximum absolute atomic E-state index is 12.1. The van der Waals surface area contributed by atoms with Gasteiger partial charge in [-0.15, -0.1) is 0 Å². The minimum absolute atomic E-state index is 0.129. The van der Waals surface area contributed by atoms with Crippen LogP contribution in [0.1, 0.15) is 30.1 Å². The molecule has 0 bridgehead atoms. The van der Waals surface area contributed by atoms with E-state index in [1.165, 1.54) is 0 Å². The quantitative estimate of drug-likeness (QED) is 0.756. The summed E-state index contributed by atoms with van der Waals surface area (Å²) < 4.78 is 0. The highest BCUT2D eigenvalue weighted by atomic mass is 16.4. The van der Waals surface area contributed by atoms with Crippen molar-refractivity contribution in [3.63, 3.8) is 0 Å². The van der Waals surface area contributed by atoms with Gasteiger partial charge in [-0.05, 0) is 18.4 Å². The number of carboxylic acid groups (broad SMARTS) is 1. The van der Waals surface area contributed by atoms with E-state index in [1.54, 1.807) is 6.20 Å². The molecule has 1 unspecified atom stereocenters. The summed E-state index contributed by atoms with van der Waals surface area (Å²) in [7, 11) is 0. The minimum Gasteiger partial charge on any atom is -0.481 e. The van der Waals surface area contributed by atoms with Crippen molar-refractivity contribution in [3.05, 3.63) is 36.0 Å². The molecule has 1 atom stereocenters. The number of carboxylic acids is 1. The Morgan fingerprint density at radius 1 is 1.35 bits per heavy atom. The van der Waals surface area contributed by atoms with Crippen LogP contribution in [0.25, 0.3) is 10.9 Å². The van der Waals surface area contributed by atoms with E-state index < -0.39 is 5.97 Å². The molecule has 0 aliphatic rings. The van der Waals surface area contributed by atoms with E-state index in [-0.39, 0.29) is 18.2 Å². The Hall–Kier alpha value is -2.30. The Kier molecular flexibility index (Phi) is 4.40. The zero-order chi connectivity index (χ0) is 14.5. The van der Waals surface area contributed by atoms with Crippen LogP contribution in [0.5, 0.6) is 0 Å². The van der Waals surface area contributed by atoms with Crippen molar-refractivity contribution >= 4 is 22.8 Å². The van der Waals surface area contributed by atoms with Crippen LogP contribution in [0, 0.1) is 5.92 Å². The van der Waals surface area contributed by atoms with Gasteiger partial charge in [-0.25, -0.2) is 0 Å². The summed E-state index contributed by atoms with van der Waals surface area (Å²) in [5, 5.41) is 12.4. The maximum Gasteiger partial charge on any atom is 0.303 e. The second-order valence-corrected chi connectivity index (χ2v) is 5.00. The molecule has 2 aromatic rings. The Balaban J connectivity index is 1.93. The van der Waals surface area contributed by atoms with Crippen molar-refractivity contribution in [2.45, 2.75) is 19.8 Å². The van der Waals surface area contributed by atoms with Crippen molar-refractivity contribution < 1.29 is 14.7 Å². The van der Waals surface area contributed by atoms with Gasteiger partial charge >= 0.3 is 5.97 Å². The van der Waals surface area contributed by atoms with Crippen LogP contribution in [0.2, 0.25) is 0 Å². The number of hydrogen-bond donors (Lipinski definition) is 3. The molecule has 0 saturated heterocycles. The number of amides is 1. The molecule has 0 spiro atoms. The van der Waals surface area contributed by atoms with Crippen LogP contribution in [0.15, 0.2) is 30.5 Å². The molecule has 1 aromatic carbocycles. The highest BCUT2D eigenvalue weighted by molar-refractivity contribution is 6.06. The van der Waals surface area contributed by atoms with E-state index in [0.717, 1.165) is 10.9 Å². The van der Waals surface area contributed by atoms with Gasteiger partial charge in [-0.3, -0.25) is 9.59 Å². The predicted octanol–water partition coefficient (Wildman–Crippen LogP) is 2.40. The lowest BCUT2D eigenvalue weighted by Crippen LogP contribution is -2.28. The molecule has 2 rings (SSSR count). The van der Waals surface area contributed by atoms with E-state index in [1.807, 2.05) is 31.2 Å². The SMILES string of the molecule is CC(CCC(=O)O)CNC(=O)c1c[nH]c2ccccc12. The molecule has 106 valence electrons. The summed E-state index contributed by atoms with van der Waals surface area (Å²) in [5.74, 6) is -0.801. The molecule has 0 aliphatic carbocycles. The molecule has 0 radical (unpaired) electrons. The molecule has 0 fully saturated rings. The number of hydrogen-bond acceptors (Lipinski definition) is 2. The lowest BCUT2D eigenvalue weighted by molar-refractivity contribution is -0.137. The monoisotopic (exact) mass is 274 g/mol. The fraction of sp³-hybridized carbons (Fsp3) is 0.333. The highest BCUT2D eigenvalue weighted by Gasteiger charge is 2.13. The van der Waals surface area contributed by atoms with Crippen molar-refractivity contribution in [1.82, 2.24) is 10.3 Å². The van der Waals surface area contributed by atoms with Gasteiger partial charge in [0, 0.05) is 30.1 Å². The number of aliphatic carboxylic acids is 1. The molecule has 3 N–H and O–H groups in total. The topological polar surface area (TPSA) is 82.2 Å².